The van der Waals surface area contributed by atoms with Gasteiger partial charge >= 0.3 is 11.7 Å². The molecule has 0 spiro atoms. The van der Waals surface area contributed by atoms with Crippen molar-refractivity contribution in [1.29, 1.82) is 0 Å². The Morgan fingerprint density at radius 3 is 2.38 bits per heavy atom. The molecule has 0 aliphatic carbocycles. The molecule has 0 saturated carbocycles. The van der Waals surface area contributed by atoms with Crippen LogP contribution < -0.4 is 4.72 Å². The number of nitrogens with one attached hydrogen (secondary N) is 1. The molecule has 116 valence electrons. The Morgan fingerprint density at radius 1 is 1.43 bits per heavy atom. The number of hydrogen-bond donors (Lipinski definition) is 2. The summed E-state index contributed by atoms with van der Waals surface area (Å²) in [5.74, 6) is -3.24. The number of sulfonamides is 1. The van der Waals surface area contributed by atoms with Crippen LogP contribution >= 0.6 is 0 Å². The maximum absolute atomic E-state index is 13.4. The maximum atomic E-state index is 13.4. The third-order valence-corrected chi connectivity index (χ3v) is 4.08. The van der Waals surface area contributed by atoms with Crippen molar-refractivity contribution in [3.63, 3.8) is 0 Å². The van der Waals surface area contributed by atoms with Crippen LogP contribution in [0.4, 0.5) is 10.1 Å². The van der Waals surface area contributed by atoms with Gasteiger partial charge in [-0.3, -0.25) is 14.9 Å². The molecule has 21 heavy (non-hydrogen) atoms. The normalized spacial score (nSPS) is 13.1. The van der Waals surface area contributed by atoms with E-state index in [1.54, 1.807) is 0 Å². The fraction of sp³-hybridized carbons (Fsp3) is 0.364. The first-order valence-electron chi connectivity index (χ1n) is 5.75. The van der Waals surface area contributed by atoms with E-state index >= 15 is 0 Å². The zero-order valence-electron chi connectivity index (χ0n) is 11.1. The number of carboxylic acids is 1. The molecule has 1 rings (SSSR count). The van der Waals surface area contributed by atoms with E-state index in [1.165, 1.54) is 13.8 Å². The highest BCUT2D eigenvalue weighted by Gasteiger charge is 2.29. The van der Waals surface area contributed by atoms with Gasteiger partial charge in [0, 0.05) is 12.1 Å². The zero-order valence-corrected chi connectivity index (χ0v) is 11.9. The van der Waals surface area contributed by atoms with E-state index in [2.05, 4.69) is 0 Å². The number of nitro benzene ring substituents is 1. The van der Waals surface area contributed by atoms with Crippen LogP contribution in [0.1, 0.15) is 13.8 Å². The number of aliphatic carboxylic acids is 1. The lowest BCUT2D eigenvalue weighted by atomic mass is 10.1. The first-order valence-corrected chi connectivity index (χ1v) is 7.23. The SMILES string of the molecule is CC(C)[C@H](NS(=O)(=O)c1ccc([N+](=O)[O-])c(F)c1)C(=O)O. The van der Waals surface area contributed by atoms with Crippen LogP contribution in [0.5, 0.6) is 0 Å². The van der Waals surface area contributed by atoms with E-state index in [0.29, 0.717) is 12.1 Å². The lowest BCUT2D eigenvalue weighted by Crippen LogP contribution is -2.44. The summed E-state index contributed by atoms with van der Waals surface area (Å²) in [6, 6.07) is 0.616. The average molecular weight is 320 g/mol. The number of carbonyl (C=O) groups is 1. The summed E-state index contributed by atoms with van der Waals surface area (Å²) >= 11 is 0. The molecule has 1 aromatic rings. The number of nitrogens with zero attached hydrogens (tertiary/aromatic N) is 1. The van der Waals surface area contributed by atoms with Crippen molar-refractivity contribution in [2.24, 2.45) is 5.92 Å². The largest absolute Gasteiger partial charge is 0.480 e. The smallest absolute Gasteiger partial charge is 0.322 e. The first-order chi connectivity index (χ1) is 9.56. The third kappa shape index (κ3) is 3.95. The number of benzene rings is 1. The molecule has 1 aromatic carbocycles. The van der Waals surface area contributed by atoms with E-state index in [1.807, 2.05) is 4.72 Å². The highest BCUT2D eigenvalue weighted by atomic mass is 32.2. The second-order valence-corrected chi connectivity index (χ2v) is 6.27. The molecule has 2 N–H and O–H groups in total. The lowest BCUT2D eigenvalue weighted by Gasteiger charge is -2.17. The Bertz CT molecular complexity index is 673. The number of rotatable bonds is 6. The minimum Gasteiger partial charge on any atom is -0.480 e. The van der Waals surface area contributed by atoms with Crippen LogP contribution in [0.15, 0.2) is 23.1 Å². The minimum atomic E-state index is -4.31. The molecule has 10 heteroatoms. The van der Waals surface area contributed by atoms with Crippen molar-refractivity contribution in [2.45, 2.75) is 24.8 Å². The van der Waals surface area contributed by atoms with Gasteiger partial charge in [0.15, 0.2) is 0 Å². The van der Waals surface area contributed by atoms with Gasteiger partial charge in [-0.15, -0.1) is 0 Å². The number of hydrogen-bond acceptors (Lipinski definition) is 5. The molecule has 1 atom stereocenters. The molecule has 0 saturated heterocycles. The van der Waals surface area contributed by atoms with Crippen molar-refractivity contribution in [2.75, 3.05) is 0 Å². The van der Waals surface area contributed by atoms with E-state index in [9.17, 15) is 27.7 Å². The molecule has 0 bridgehead atoms. The van der Waals surface area contributed by atoms with Crippen LogP contribution in [0.2, 0.25) is 0 Å². The predicted octanol–water partition coefficient (Wildman–Crippen LogP) is 1.12. The second kappa shape index (κ2) is 6.14. The highest BCUT2D eigenvalue weighted by molar-refractivity contribution is 7.89. The van der Waals surface area contributed by atoms with Gasteiger partial charge in [0.1, 0.15) is 6.04 Å². The van der Waals surface area contributed by atoms with Gasteiger partial charge < -0.3 is 5.11 Å². The Hall–Kier alpha value is -2.07. The highest BCUT2D eigenvalue weighted by Crippen LogP contribution is 2.21. The van der Waals surface area contributed by atoms with Crippen molar-refractivity contribution in [3.05, 3.63) is 34.1 Å². The summed E-state index contributed by atoms with van der Waals surface area (Å²) in [6.45, 7) is 3.00. The number of halogens is 1. The van der Waals surface area contributed by atoms with Crippen molar-refractivity contribution < 1.29 is 27.6 Å². The van der Waals surface area contributed by atoms with Gasteiger partial charge in [0.2, 0.25) is 15.8 Å². The molecule has 0 aromatic heterocycles. The summed E-state index contributed by atoms with van der Waals surface area (Å²) < 4.78 is 39.3. The van der Waals surface area contributed by atoms with E-state index in [4.69, 9.17) is 5.11 Å². The van der Waals surface area contributed by atoms with Gasteiger partial charge in [0.25, 0.3) is 0 Å². The lowest BCUT2D eigenvalue weighted by molar-refractivity contribution is -0.387. The number of carboxylic acid groups (broad SMARTS) is 1. The topological polar surface area (TPSA) is 127 Å². The average Bonchev–Trinajstić information content (AvgIpc) is 2.34. The Balaban J connectivity index is 3.17. The van der Waals surface area contributed by atoms with E-state index in [0.717, 1.165) is 6.07 Å². The molecular weight excluding hydrogens is 307 g/mol. The fourth-order valence-corrected chi connectivity index (χ4v) is 2.86. The van der Waals surface area contributed by atoms with Crippen molar-refractivity contribution >= 4 is 21.7 Å². The Labute approximate surface area is 119 Å². The van der Waals surface area contributed by atoms with Crippen LogP contribution in [0.25, 0.3) is 0 Å². The minimum absolute atomic E-state index is 0.472. The van der Waals surface area contributed by atoms with Crippen molar-refractivity contribution in [1.82, 2.24) is 4.72 Å². The number of nitro groups is 1. The van der Waals surface area contributed by atoms with Gasteiger partial charge in [-0.2, -0.15) is 9.11 Å². The van der Waals surface area contributed by atoms with E-state index in [-0.39, 0.29) is 0 Å². The molecule has 0 aliphatic rings. The third-order valence-electron chi connectivity index (χ3n) is 2.64. The maximum Gasteiger partial charge on any atom is 0.322 e. The molecule has 0 radical (unpaired) electrons. The molecule has 0 aliphatic heterocycles. The van der Waals surface area contributed by atoms with E-state index < -0.39 is 49.3 Å². The molecule has 0 fully saturated rings. The van der Waals surface area contributed by atoms with Crippen LogP contribution in [0, 0.1) is 21.8 Å². The second-order valence-electron chi connectivity index (χ2n) is 4.55. The van der Waals surface area contributed by atoms with Crippen LogP contribution in [0.3, 0.4) is 0 Å². The Morgan fingerprint density at radius 2 is 2.00 bits per heavy atom. The van der Waals surface area contributed by atoms with Gasteiger partial charge in [-0.1, -0.05) is 13.8 Å². The summed E-state index contributed by atoms with van der Waals surface area (Å²) in [6.07, 6.45) is 0. The predicted molar refractivity (Wildman–Crippen MR) is 69.6 cm³/mol. The Kier molecular flexibility index (Phi) is 4.97. The van der Waals surface area contributed by atoms with Crippen LogP contribution in [-0.2, 0) is 14.8 Å². The van der Waals surface area contributed by atoms with Crippen LogP contribution in [-0.4, -0.2) is 30.5 Å². The van der Waals surface area contributed by atoms with Crippen molar-refractivity contribution in [3.8, 4) is 0 Å². The van der Waals surface area contributed by atoms with Gasteiger partial charge in [-0.05, 0) is 12.0 Å². The standard InChI is InChI=1S/C11H13FN2O6S/c1-6(2)10(11(15)16)13-21(19,20)7-3-4-9(14(17)18)8(12)5-7/h3-6,10,13H,1-2H3,(H,15,16)/t10-/m0/s1. The molecule has 8 nitrogen and oxygen atoms in total. The summed E-state index contributed by atoms with van der Waals surface area (Å²) in [5.41, 5.74) is -0.868. The summed E-state index contributed by atoms with van der Waals surface area (Å²) in [5, 5.41) is 19.4. The molecule has 0 heterocycles. The van der Waals surface area contributed by atoms with Gasteiger partial charge in [-0.25, -0.2) is 8.42 Å². The quantitative estimate of drug-likeness (QED) is 0.597. The summed E-state index contributed by atoms with van der Waals surface area (Å²) in [7, 11) is -4.31. The first kappa shape index (κ1) is 17.0. The zero-order chi connectivity index (χ0) is 16.4. The monoisotopic (exact) mass is 320 g/mol. The molecule has 0 amide bonds. The fourth-order valence-electron chi connectivity index (χ4n) is 1.51. The molecular formula is C11H13FN2O6S. The molecule has 0 unspecified atom stereocenters. The van der Waals surface area contributed by atoms with Gasteiger partial charge in [0.05, 0.1) is 9.82 Å². The summed E-state index contributed by atoms with van der Waals surface area (Å²) in [4.78, 5) is 19.9.